The van der Waals surface area contributed by atoms with Gasteiger partial charge in [0.05, 0.1) is 5.70 Å². The van der Waals surface area contributed by atoms with Gasteiger partial charge < -0.3 is 9.84 Å². The van der Waals surface area contributed by atoms with Gasteiger partial charge in [-0.2, -0.15) is 0 Å². The minimum atomic E-state index is -0.565. The molecular weight excluding hydrogens is 326 g/mol. The Morgan fingerprint density at radius 3 is 2.23 bits per heavy atom. The fourth-order valence-corrected chi connectivity index (χ4v) is 4.00. The molecule has 144 valence electrons. The monoisotopic (exact) mass is 359 g/mol. The summed E-state index contributed by atoms with van der Waals surface area (Å²) in [6, 6.07) is 5.31. The number of phenolic OH excluding ortho intramolecular Hbond substituents is 1. The van der Waals surface area contributed by atoms with E-state index < -0.39 is 5.60 Å². The van der Waals surface area contributed by atoms with Crippen molar-refractivity contribution in [3.05, 3.63) is 34.9 Å². The number of carbonyl (C=O) groups is 1. The molecule has 0 atom stereocenters. The predicted molar refractivity (Wildman–Crippen MR) is 106 cm³/mol. The van der Waals surface area contributed by atoms with Crippen molar-refractivity contribution in [3.63, 3.8) is 0 Å². The van der Waals surface area contributed by atoms with E-state index in [0.29, 0.717) is 6.54 Å². The maximum Gasteiger partial charge on any atom is 0.414 e. The lowest BCUT2D eigenvalue weighted by Gasteiger charge is -2.32. The molecule has 4 heteroatoms. The minimum Gasteiger partial charge on any atom is -0.508 e. The summed E-state index contributed by atoms with van der Waals surface area (Å²) in [6.45, 7) is 19.0. The Morgan fingerprint density at radius 1 is 1.15 bits per heavy atom. The zero-order chi connectivity index (χ0) is 20.1. The van der Waals surface area contributed by atoms with E-state index in [1.807, 2.05) is 33.8 Å². The van der Waals surface area contributed by atoms with Crippen molar-refractivity contribution >= 4 is 11.8 Å². The van der Waals surface area contributed by atoms with Gasteiger partial charge in [0.1, 0.15) is 11.4 Å². The molecule has 0 aliphatic carbocycles. The maximum absolute atomic E-state index is 13.0. The number of nitrogens with zero attached hydrogens (tertiary/aromatic N) is 1. The van der Waals surface area contributed by atoms with Crippen molar-refractivity contribution in [1.82, 2.24) is 4.90 Å². The van der Waals surface area contributed by atoms with Crippen molar-refractivity contribution < 1.29 is 14.6 Å². The van der Waals surface area contributed by atoms with Gasteiger partial charge >= 0.3 is 6.09 Å². The summed E-state index contributed by atoms with van der Waals surface area (Å²) in [5.41, 5.74) is 3.08. The lowest BCUT2D eigenvalue weighted by Crippen LogP contribution is -2.36. The van der Waals surface area contributed by atoms with E-state index in [1.54, 1.807) is 17.0 Å². The molecule has 1 aliphatic heterocycles. The molecule has 1 amide bonds. The first-order valence-corrected chi connectivity index (χ1v) is 9.19. The first-order chi connectivity index (χ1) is 11.6. The highest BCUT2D eigenvalue weighted by atomic mass is 16.6. The number of aromatic hydroxyl groups is 1. The van der Waals surface area contributed by atoms with Crippen LogP contribution in [0.2, 0.25) is 0 Å². The molecule has 2 rings (SSSR count). The van der Waals surface area contributed by atoms with Gasteiger partial charge in [-0.1, -0.05) is 40.7 Å². The fraction of sp³-hybridized carbons (Fsp3) is 0.591. The normalized spacial score (nSPS) is 17.7. The zero-order valence-electron chi connectivity index (χ0n) is 17.7. The molecule has 4 nitrogen and oxygen atoms in total. The third-order valence-electron chi connectivity index (χ3n) is 4.58. The summed E-state index contributed by atoms with van der Waals surface area (Å²) in [6.07, 6.45) is -0.345. The molecule has 1 aliphatic rings. The third-order valence-corrected chi connectivity index (χ3v) is 4.58. The fourth-order valence-electron chi connectivity index (χ4n) is 4.00. The number of aryl methyl sites for hydroxylation is 1. The third kappa shape index (κ3) is 4.05. The van der Waals surface area contributed by atoms with E-state index in [4.69, 9.17) is 4.74 Å². The van der Waals surface area contributed by atoms with E-state index in [2.05, 4.69) is 34.6 Å². The number of hydrogen-bond acceptors (Lipinski definition) is 3. The molecular formula is C22H33NO3. The highest BCUT2D eigenvalue weighted by Crippen LogP contribution is 2.51. The van der Waals surface area contributed by atoms with Crippen LogP contribution in [0.4, 0.5) is 4.79 Å². The molecule has 0 spiro atoms. The molecule has 0 fully saturated rings. The second-order valence-electron chi connectivity index (χ2n) is 9.92. The Morgan fingerprint density at radius 2 is 1.73 bits per heavy atom. The van der Waals surface area contributed by atoms with Crippen LogP contribution in [0.3, 0.4) is 0 Å². The largest absolute Gasteiger partial charge is 0.508 e. The number of amides is 1. The van der Waals surface area contributed by atoms with Gasteiger partial charge in [0.25, 0.3) is 0 Å². The second-order valence-corrected chi connectivity index (χ2v) is 9.92. The molecule has 0 radical (unpaired) electrons. The number of rotatable bonds is 1. The topological polar surface area (TPSA) is 49.8 Å². The van der Waals surface area contributed by atoms with Gasteiger partial charge in [0.15, 0.2) is 0 Å². The summed E-state index contributed by atoms with van der Waals surface area (Å²) in [7, 11) is 0. The minimum absolute atomic E-state index is 0.131. The second kappa shape index (κ2) is 6.33. The molecule has 0 saturated carbocycles. The number of hydrogen-bond donors (Lipinski definition) is 1. The standard InChI is InChI=1S/C22H33NO3/c1-14-10-11-15(24)12-16(14)17-18(20(2,3)4)22(8,9)13-23(17)19(25)26-21(5,6)7/h10-12,24H,13H2,1-9H3. The van der Waals surface area contributed by atoms with Crippen molar-refractivity contribution in [2.24, 2.45) is 10.8 Å². The Hall–Kier alpha value is -1.97. The van der Waals surface area contributed by atoms with Gasteiger partial charge in [-0.05, 0) is 56.4 Å². The first kappa shape index (κ1) is 20.3. The molecule has 0 unspecified atom stereocenters. The van der Waals surface area contributed by atoms with E-state index in [0.717, 1.165) is 16.8 Å². The van der Waals surface area contributed by atoms with Crippen LogP contribution < -0.4 is 0 Å². The van der Waals surface area contributed by atoms with Crippen LogP contribution in [-0.4, -0.2) is 28.2 Å². The summed E-state index contributed by atoms with van der Waals surface area (Å²) < 4.78 is 5.69. The maximum atomic E-state index is 13.0. The quantitative estimate of drug-likeness (QED) is 0.696. The molecule has 0 aromatic heterocycles. The number of carbonyl (C=O) groups excluding carboxylic acids is 1. The molecule has 1 aromatic carbocycles. The van der Waals surface area contributed by atoms with Crippen molar-refractivity contribution in [2.75, 3.05) is 6.54 Å². The number of phenols is 1. The van der Waals surface area contributed by atoms with Crippen LogP contribution in [-0.2, 0) is 4.74 Å². The van der Waals surface area contributed by atoms with Crippen LogP contribution in [0.25, 0.3) is 5.70 Å². The lowest BCUT2D eigenvalue weighted by molar-refractivity contribution is 0.0338. The van der Waals surface area contributed by atoms with Crippen LogP contribution in [0.5, 0.6) is 5.75 Å². The van der Waals surface area contributed by atoms with Crippen molar-refractivity contribution in [1.29, 1.82) is 0 Å². The average Bonchev–Trinajstić information content (AvgIpc) is 2.71. The van der Waals surface area contributed by atoms with Gasteiger partial charge in [0.2, 0.25) is 0 Å². The van der Waals surface area contributed by atoms with Gasteiger partial charge in [-0.3, -0.25) is 4.90 Å². The lowest BCUT2D eigenvalue weighted by atomic mass is 9.71. The number of ether oxygens (including phenoxy) is 1. The molecule has 1 aromatic rings. The molecule has 26 heavy (non-hydrogen) atoms. The van der Waals surface area contributed by atoms with E-state index >= 15 is 0 Å². The zero-order valence-corrected chi connectivity index (χ0v) is 17.7. The Kier molecular flexibility index (Phi) is 4.95. The van der Waals surface area contributed by atoms with Crippen molar-refractivity contribution in [3.8, 4) is 5.75 Å². The van der Waals surface area contributed by atoms with Crippen LogP contribution in [0, 0.1) is 17.8 Å². The van der Waals surface area contributed by atoms with Gasteiger partial charge in [-0.25, -0.2) is 4.79 Å². The SMILES string of the molecule is Cc1ccc(O)cc1C1=C(C(C)(C)C)C(C)(C)CN1C(=O)OC(C)(C)C. The first-order valence-electron chi connectivity index (χ1n) is 9.19. The highest BCUT2D eigenvalue weighted by Gasteiger charge is 2.46. The molecule has 1 N–H and O–H groups in total. The number of benzene rings is 1. The van der Waals surface area contributed by atoms with Gasteiger partial charge in [0, 0.05) is 17.5 Å². The van der Waals surface area contributed by atoms with Crippen LogP contribution in [0.1, 0.15) is 66.5 Å². The molecule has 0 bridgehead atoms. The Labute approximate surface area is 157 Å². The van der Waals surface area contributed by atoms with Crippen LogP contribution in [0.15, 0.2) is 23.8 Å². The van der Waals surface area contributed by atoms with Gasteiger partial charge in [-0.15, -0.1) is 0 Å². The summed E-state index contributed by atoms with van der Waals surface area (Å²) in [5.74, 6) is 0.195. The smallest absolute Gasteiger partial charge is 0.414 e. The molecule has 0 saturated heterocycles. The summed E-state index contributed by atoms with van der Waals surface area (Å²) >= 11 is 0. The highest BCUT2D eigenvalue weighted by molar-refractivity contribution is 5.87. The van der Waals surface area contributed by atoms with Crippen molar-refractivity contribution in [2.45, 2.75) is 67.9 Å². The van der Waals surface area contributed by atoms with E-state index in [9.17, 15) is 9.90 Å². The summed E-state index contributed by atoms with van der Waals surface area (Å²) in [5, 5.41) is 10.1. The van der Waals surface area contributed by atoms with E-state index in [-0.39, 0.29) is 22.7 Å². The van der Waals surface area contributed by atoms with E-state index in [1.165, 1.54) is 5.57 Å². The Bertz CT molecular complexity index is 746. The predicted octanol–water partition coefficient (Wildman–Crippen LogP) is 5.73. The average molecular weight is 360 g/mol. The molecule has 1 heterocycles. The summed E-state index contributed by atoms with van der Waals surface area (Å²) in [4.78, 5) is 14.8. The Balaban J connectivity index is 2.73. The van der Waals surface area contributed by atoms with Crippen LogP contribution >= 0.6 is 0 Å².